The summed E-state index contributed by atoms with van der Waals surface area (Å²) < 4.78 is 0. The lowest BCUT2D eigenvalue weighted by Crippen LogP contribution is -2.71. The number of benzene rings is 6. The molecule has 2 aliphatic rings. The molecule has 1 saturated heterocycles. The number of anilines is 1. The highest BCUT2D eigenvalue weighted by Crippen LogP contribution is 2.44. The fraction of sp³-hybridized carbons (Fsp3) is 0.130. The lowest BCUT2D eigenvalue weighted by molar-refractivity contribution is -0.151. The van der Waals surface area contributed by atoms with E-state index in [1.165, 1.54) is 39.1 Å². The largest absolute Gasteiger partial charge is 0.477 e. The summed E-state index contributed by atoms with van der Waals surface area (Å²) in [5.41, 5.74) is 4.29. The van der Waals surface area contributed by atoms with Gasteiger partial charge in [-0.2, -0.15) is 4.80 Å². The Morgan fingerprint density at radius 3 is 1.64 bits per heavy atom. The highest BCUT2D eigenvalue weighted by Gasteiger charge is 2.55. The van der Waals surface area contributed by atoms with Gasteiger partial charge in [0.05, 0.1) is 17.8 Å². The number of thiazole rings is 1. The molecule has 10 rings (SSSR count). The van der Waals surface area contributed by atoms with Gasteiger partial charge >= 0.3 is 5.97 Å². The standard InChI is InChI=1S/C54H45N9O4S2/c64-48(58-46-49(65)63-47(51(66)67)37(34-68-50(46)63)20-19-33-62-56-36-55-61-62)45(59-53(38-21-7-1-8-22-38,39-23-9-2-10-24-39)40-25-11-3-12-26-40)44-35-69-52(57-44)60-54(41-27-13-4-14-28-41,42-29-15-5-16-30-42)43-31-17-6-18-32-43/h1-32,35-36,45-46,50,59H,33-34H2,(H,57,60)(H,58,64)(H,66,67)/t45?,46?,50-/m1/s1. The predicted octanol–water partition coefficient (Wildman–Crippen LogP) is 8.15. The minimum Gasteiger partial charge on any atom is -0.477 e. The van der Waals surface area contributed by atoms with Crippen molar-refractivity contribution in [2.75, 3.05) is 11.1 Å². The van der Waals surface area contributed by atoms with E-state index in [9.17, 15) is 14.7 Å². The van der Waals surface area contributed by atoms with E-state index in [1.807, 2.05) is 151 Å². The maximum Gasteiger partial charge on any atom is 0.352 e. The SMILES string of the molecule is O=C(O)C1=C(C=CCn2ncnn2)CS[C@@H]2C(NC(=O)C(NC(c3ccccc3)(c3ccccc3)c3ccccc3)c3csc(NC(c4ccccc4)(c4ccccc4)c4ccccc4)n3)C(=O)N12. The Balaban J connectivity index is 1.06. The first kappa shape index (κ1) is 44.8. The second-order valence-corrected chi connectivity index (χ2v) is 18.4. The van der Waals surface area contributed by atoms with Crippen LogP contribution < -0.4 is 16.0 Å². The minimum absolute atomic E-state index is 0.128. The number of carbonyl (C=O) groups excluding carboxylic acids is 2. The van der Waals surface area contributed by atoms with Crippen molar-refractivity contribution in [3.8, 4) is 0 Å². The summed E-state index contributed by atoms with van der Waals surface area (Å²) in [4.78, 5) is 50.4. The van der Waals surface area contributed by atoms with Crippen LogP contribution in [0.3, 0.4) is 0 Å². The number of aromatic nitrogens is 5. The number of tetrazole rings is 1. The summed E-state index contributed by atoms with van der Waals surface area (Å²) in [6.07, 6.45) is 4.70. The zero-order valence-corrected chi connectivity index (χ0v) is 38.6. The number of carbonyl (C=O) groups is 3. The van der Waals surface area contributed by atoms with Crippen LogP contribution in [-0.2, 0) is 32.0 Å². The van der Waals surface area contributed by atoms with E-state index in [2.05, 4.69) is 67.8 Å². The molecular weight excluding hydrogens is 903 g/mol. The summed E-state index contributed by atoms with van der Waals surface area (Å²) >= 11 is 2.76. The Bertz CT molecular complexity index is 2910. The Hall–Kier alpha value is -7.98. The number of amides is 2. The van der Waals surface area contributed by atoms with Crippen LogP contribution in [-0.4, -0.2) is 70.1 Å². The minimum atomic E-state index is -1.24. The van der Waals surface area contributed by atoms with Crippen LogP contribution in [0, 0.1) is 0 Å². The molecule has 2 amide bonds. The summed E-state index contributed by atoms with van der Waals surface area (Å²) in [6.45, 7) is 0.265. The van der Waals surface area contributed by atoms with Crippen LogP contribution in [0.2, 0.25) is 0 Å². The predicted molar refractivity (Wildman–Crippen MR) is 267 cm³/mol. The van der Waals surface area contributed by atoms with E-state index in [4.69, 9.17) is 4.98 Å². The first-order chi connectivity index (χ1) is 33.9. The molecule has 15 heteroatoms. The monoisotopic (exact) mass is 947 g/mol. The van der Waals surface area contributed by atoms with Crippen LogP contribution in [0.1, 0.15) is 45.1 Å². The summed E-state index contributed by atoms with van der Waals surface area (Å²) in [6, 6.07) is 58.3. The van der Waals surface area contributed by atoms with Crippen molar-refractivity contribution in [3.05, 3.63) is 256 Å². The molecule has 2 aromatic heterocycles. The molecule has 0 bridgehead atoms. The number of hydrogen-bond donors (Lipinski definition) is 4. The fourth-order valence-electron chi connectivity index (χ4n) is 9.29. The van der Waals surface area contributed by atoms with Gasteiger partial charge in [0.15, 0.2) is 11.5 Å². The second kappa shape index (κ2) is 19.7. The Kier molecular flexibility index (Phi) is 12.8. The first-order valence-electron chi connectivity index (χ1n) is 22.3. The topological polar surface area (TPSA) is 167 Å². The number of thioether (sulfide) groups is 1. The number of aliphatic carboxylic acids is 1. The van der Waals surface area contributed by atoms with Gasteiger partial charge in [0, 0.05) is 11.1 Å². The van der Waals surface area contributed by atoms with Crippen molar-refractivity contribution >= 4 is 46.0 Å². The van der Waals surface area contributed by atoms with Gasteiger partial charge in [-0.1, -0.05) is 194 Å². The van der Waals surface area contributed by atoms with E-state index in [0.29, 0.717) is 16.4 Å². The molecular formula is C54H45N9O4S2. The molecule has 342 valence electrons. The Morgan fingerprint density at radius 1 is 0.710 bits per heavy atom. The van der Waals surface area contributed by atoms with Gasteiger partial charge in [0.25, 0.3) is 5.91 Å². The molecule has 6 aromatic carbocycles. The van der Waals surface area contributed by atoms with Crippen LogP contribution in [0.4, 0.5) is 5.13 Å². The second-order valence-electron chi connectivity index (χ2n) is 16.4. The number of β-lactam (4-membered cyclic amide) rings is 1. The third-order valence-electron chi connectivity index (χ3n) is 12.5. The number of nitrogens with zero attached hydrogens (tertiary/aromatic N) is 6. The first-order valence-corrected chi connectivity index (χ1v) is 24.2. The van der Waals surface area contributed by atoms with E-state index in [-0.39, 0.29) is 18.0 Å². The highest BCUT2D eigenvalue weighted by molar-refractivity contribution is 8.00. The molecule has 1 fully saturated rings. The Morgan fingerprint density at radius 2 is 1.19 bits per heavy atom. The van der Waals surface area contributed by atoms with E-state index in [0.717, 1.165) is 33.4 Å². The maximum atomic E-state index is 15.5. The van der Waals surface area contributed by atoms with Gasteiger partial charge in [-0.3, -0.25) is 19.8 Å². The zero-order chi connectivity index (χ0) is 47.2. The smallest absolute Gasteiger partial charge is 0.352 e. The van der Waals surface area contributed by atoms with Crippen LogP contribution in [0.25, 0.3) is 0 Å². The summed E-state index contributed by atoms with van der Waals surface area (Å²) in [5, 5.41) is 34.6. The third-order valence-corrected chi connectivity index (χ3v) is 14.5. The van der Waals surface area contributed by atoms with Gasteiger partial charge in [-0.15, -0.1) is 33.3 Å². The van der Waals surface area contributed by atoms with Gasteiger partial charge in [-0.25, -0.2) is 9.78 Å². The average molecular weight is 948 g/mol. The molecule has 8 aromatic rings. The van der Waals surface area contributed by atoms with Crippen molar-refractivity contribution < 1.29 is 19.5 Å². The molecule has 0 radical (unpaired) electrons. The van der Waals surface area contributed by atoms with Crippen LogP contribution >= 0.6 is 23.1 Å². The summed E-state index contributed by atoms with van der Waals surface area (Å²) in [5.74, 6) is -1.99. The van der Waals surface area contributed by atoms with Crippen molar-refractivity contribution in [2.24, 2.45) is 0 Å². The summed E-state index contributed by atoms with van der Waals surface area (Å²) in [7, 11) is 0. The molecule has 0 spiro atoms. The van der Waals surface area contributed by atoms with E-state index in [1.54, 1.807) is 12.2 Å². The van der Waals surface area contributed by atoms with Gasteiger partial charge in [0.2, 0.25) is 5.91 Å². The number of rotatable bonds is 17. The fourth-order valence-corrected chi connectivity index (χ4v) is 11.4. The number of allylic oxidation sites excluding steroid dienone is 2. The average Bonchev–Trinajstić information content (AvgIpc) is 4.12. The molecule has 13 nitrogen and oxygen atoms in total. The van der Waals surface area contributed by atoms with Crippen molar-refractivity contribution in [1.82, 2.24) is 40.7 Å². The van der Waals surface area contributed by atoms with Crippen LogP contribution in [0.15, 0.2) is 217 Å². The number of carboxylic acid groups (broad SMARTS) is 1. The lowest BCUT2D eigenvalue weighted by atomic mass is 9.76. The Labute approximate surface area is 406 Å². The van der Waals surface area contributed by atoms with Gasteiger partial charge in [0.1, 0.15) is 28.7 Å². The van der Waals surface area contributed by atoms with E-state index < -0.39 is 46.3 Å². The van der Waals surface area contributed by atoms with Crippen molar-refractivity contribution in [3.63, 3.8) is 0 Å². The molecule has 0 saturated carbocycles. The highest BCUT2D eigenvalue weighted by atomic mass is 32.2. The molecule has 0 aliphatic carbocycles. The lowest BCUT2D eigenvalue weighted by Gasteiger charge is -2.49. The quantitative estimate of drug-likeness (QED) is 0.0514. The molecule has 3 atom stereocenters. The van der Waals surface area contributed by atoms with Gasteiger partial charge < -0.3 is 15.7 Å². The van der Waals surface area contributed by atoms with Gasteiger partial charge in [-0.05, 0) is 44.2 Å². The molecule has 2 unspecified atom stereocenters. The van der Waals surface area contributed by atoms with Crippen molar-refractivity contribution in [2.45, 2.75) is 35.1 Å². The van der Waals surface area contributed by atoms with E-state index >= 15 is 4.79 Å². The zero-order valence-electron chi connectivity index (χ0n) is 36.9. The molecule has 4 heterocycles. The number of fused-ring (bicyclic) bond motifs is 1. The molecule has 69 heavy (non-hydrogen) atoms. The third kappa shape index (κ3) is 8.63. The molecule has 2 aliphatic heterocycles. The maximum absolute atomic E-state index is 15.5. The normalized spacial score (nSPS) is 16.4. The molecule has 4 N–H and O–H groups in total. The number of hydrogen-bond acceptors (Lipinski definition) is 11. The number of carboxylic acids is 1. The van der Waals surface area contributed by atoms with Crippen LogP contribution in [0.5, 0.6) is 0 Å². The van der Waals surface area contributed by atoms with Crippen molar-refractivity contribution in [1.29, 1.82) is 0 Å². The number of nitrogens with one attached hydrogen (secondary N) is 3.